The second kappa shape index (κ2) is 6.22. The van der Waals surface area contributed by atoms with Crippen molar-refractivity contribution in [2.45, 2.75) is 52.2 Å². The second-order valence-corrected chi connectivity index (χ2v) is 3.72. The van der Waals surface area contributed by atoms with Crippen LogP contribution in [0.4, 0.5) is 0 Å². The first-order valence-electron chi connectivity index (χ1n) is 4.37. The average molecular weight is 210 g/mol. The fourth-order valence-corrected chi connectivity index (χ4v) is 1.02. The van der Waals surface area contributed by atoms with Crippen LogP contribution in [0.5, 0.6) is 0 Å². The van der Waals surface area contributed by atoms with Gasteiger partial charge in [0, 0.05) is 0 Å². The molecule has 0 aliphatic carbocycles. The van der Waals surface area contributed by atoms with E-state index in [-0.39, 0.29) is 24.0 Å². The summed E-state index contributed by atoms with van der Waals surface area (Å²) >= 11 is 0. The van der Waals surface area contributed by atoms with E-state index in [4.69, 9.17) is 10.5 Å². The molecule has 0 aromatic heterocycles. The van der Waals surface area contributed by atoms with Crippen molar-refractivity contribution >= 4 is 18.4 Å². The number of nitrogens with two attached hydrogens (primary N) is 1. The Labute approximate surface area is 86.4 Å². The van der Waals surface area contributed by atoms with E-state index in [1.165, 1.54) is 0 Å². The minimum atomic E-state index is -0.527. The van der Waals surface area contributed by atoms with Gasteiger partial charge in [0.05, 0.1) is 0 Å². The highest BCUT2D eigenvalue weighted by molar-refractivity contribution is 5.85. The molecular weight excluding hydrogens is 190 g/mol. The molecule has 0 amide bonds. The third kappa shape index (κ3) is 6.84. The molecule has 80 valence electrons. The summed E-state index contributed by atoms with van der Waals surface area (Å²) in [5.41, 5.74) is 4.99. The van der Waals surface area contributed by atoms with Crippen molar-refractivity contribution in [1.82, 2.24) is 0 Å². The third-order valence-corrected chi connectivity index (χ3v) is 1.60. The predicted octanol–water partition coefficient (Wildman–Crippen LogP) is 1.88. The maximum absolute atomic E-state index is 11.1. The maximum Gasteiger partial charge on any atom is 0.323 e. The Kier molecular flexibility index (Phi) is 7.27. The molecule has 13 heavy (non-hydrogen) atoms. The summed E-state index contributed by atoms with van der Waals surface area (Å²) in [4.78, 5) is 11.1. The van der Waals surface area contributed by atoms with Crippen LogP contribution in [0.2, 0.25) is 0 Å². The van der Waals surface area contributed by atoms with Crippen molar-refractivity contribution in [3.05, 3.63) is 0 Å². The highest BCUT2D eigenvalue weighted by Gasteiger charge is 2.23. The normalized spacial score (nSPS) is 13.0. The van der Waals surface area contributed by atoms with Crippen LogP contribution in [0, 0.1) is 0 Å². The Morgan fingerprint density at radius 2 is 2.00 bits per heavy atom. The summed E-state index contributed by atoms with van der Waals surface area (Å²) in [7, 11) is 0. The molecule has 0 unspecified atom stereocenters. The van der Waals surface area contributed by atoms with Crippen molar-refractivity contribution in [3.63, 3.8) is 0 Å². The molecule has 0 rings (SSSR count). The van der Waals surface area contributed by atoms with Gasteiger partial charge >= 0.3 is 5.97 Å². The molecule has 0 aromatic rings. The van der Waals surface area contributed by atoms with E-state index in [9.17, 15) is 4.79 Å². The van der Waals surface area contributed by atoms with Gasteiger partial charge < -0.3 is 10.5 Å². The van der Waals surface area contributed by atoms with Gasteiger partial charge in [0.15, 0.2) is 0 Å². The summed E-state index contributed by atoms with van der Waals surface area (Å²) in [6.07, 6.45) is 1.87. The molecule has 0 aliphatic heterocycles. The van der Waals surface area contributed by atoms with Crippen LogP contribution in [0.1, 0.15) is 40.5 Å². The van der Waals surface area contributed by atoms with Crippen LogP contribution in [-0.2, 0) is 9.53 Å². The zero-order chi connectivity index (χ0) is 9.78. The van der Waals surface area contributed by atoms with Gasteiger partial charge in [-0.25, -0.2) is 0 Å². The average Bonchev–Trinajstić information content (AvgIpc) is 1.85. The first kappa shape index (κ1) is 15.2. The number of halogens is 1. The van der Waals surface area contributed by atoms with E-state index in [1.54, 1.807) is 6.92 Å². The van der Waals surface area contributed by atoms with Crippen molar-refractivity contribution in [1.29, 1.82) is 0 Å². The quantitative estimate of drug-likeness (QED) is 0.720. The number of carbonyl (C=O) groups is 1. The lowest BCUT2D eigenvalue weighted by Gasteiger charge is -2.25. The summed E-state index contributed by atoms with van der Waals surface area (Å²) < 4.78 is 5.18. The Balaban J connectivity index is 0. The van der Waals surface area contributed by atoms with E-state index in [0.717, 1.165) is 12.8 Å². The fraction of sp³-hybridized carbons (Fsp3) is 0.889. The Morgan fingerprint density at radius 3 is 2.31 bits per heavy atom. The molecular formula is C9H20ClNO2. The third-order valence-electron chi connectivity index (χ3n) is 1.60. The molecule has 0 aromatic carbocycles. The van der Waals surface area contributed by atoms with Gasteiger partial charge in [-0.05, 0) is 27.2 Å². The second-order valence-electron chi connectivity index (χ2n) is 3.72. The molecule has 0 saturated heterocycles. The summed E-state index contributed by atoms with van der Waals surface area (Å²) in [5.74, 6) is -0.326. The molecule has 0 spiro atoms. The molecule has 0 aliphatic rings. The van der Waals surface area contributed by atoms with Crippen molar-refractivity contribution in [3.8, 4) is 0 Å². The number of esters is 1. The molecule has 0 saturated carbocycles. The van der Waals surface area contributed by atoms with E-state index in [2.05, 4.69) is 6.92 Å². The zero-order valence-electron chi connectivity index (χ0n) is 8.79. The first-order chi connectivity index (χ1) is 5.39. The summed E-state index contributed by atoms with van der Waals surface area (Å²) in [5, 5.41) is 0. The van der Waals surface area contributed by atoms with E-state index in [1.807, 2.05) is 13.8 Å². The van der Waals surface area contributed by atoms with Gasteiger partial charge in [-0.1, -0.05) is 13.3 Å². The minimum absolute atomic E-state index is 0. The SMILES string of the molecule is CCCC(C)(C)OC(=O)[C@H](C)N.Cl. The Bertz CT molecular complexity index is 158. The van der Waals surface area contributed by atoms with E-state index >= 15 is 0 Å². The van der Waals surface area contributed by atoms with Gasteiger partial charge in [0.1, 0.15) is 11.6 Å². The van der Waals surface area contributed by atoms with Crippen LogP contribution >= 0.6 is 12.4 Å². The zero-order valence-corrected chi connectivity index (χ0v) is 9.61. The van der Waals surface area contributed by atoms with Crippen molar-refractivity contribution in [2.75, 3.05) is 0 Å². The van der Waals surface area contributed by atoms with Crippen molar-refractivity contribution in [2.24, 2.45) is 5.73 Å². The lowest BCUT2D eigenvalue weighted by Crippen LogP contribution is -2.36. The van der Waals surface area contributed by atoms with Gasteiger partial charge in [0.2, 0.25) is 0 Å². The smallest absolute Gasteiger partial charge is 0.323 e. The first-order valence-corrected chi connectivity index (χ1v) is 4.37. The fourth-order valence-electron chi connectivity index (χ4n) is 1.02. The maximum atomic E-state index is 11.1. The lowest BCUT2D eigenvalue weighted by atomic mass is 10.0. The molecule has 0 radical (unpaired) electrons. The number of rotatable bonds is 4. The van der Waals surface area contributed by atoms with E-state index in [0.29, 0.717) is 0 Å². The number of hydrogen-bond donors (Lipinski definition) is 1. The number of hydrogen-bond acceptors (Lipinski definition) is 3. The summed E-state index contributed by atoms with van der Waals surface area (Å²) in [6, 6.07) is -0.527. The van der Waals surface area contributed by atoms with Gasteiger partial charge in [-0.3, -0.25) is 4.79 Å². The van der Waals surface area contributed by atoms with Crippen LogP contribution in [0.3, 0.4) is 0 Å². The topological polar surface area (TPSA) is 52.3 Å². The van der Waals surface area contributed by atoms with E-state index < -0.39 is 6.04 Å². The molecule has 0 fully saturated rings. The van der Waals surface area contributed by atoms with Crippen LogP contribution in [0.15, 0.2) is 0 Å². The number of carbonyl (C=O) groups excluding carboxylic acids is 1. The van der Waals surface area contributed by atoms with Crippen LogP contribution < -0.4 is 5.73 Å². The molecule has 0 heterocycles. The van der Waals surface area contributed by atoms with Gasteiger partial charge in [-0.2, -0.15) is 0 Å². The number of ether oxygens (including phenoxy) is 1. The van der Waals surface area contributed by atoms with Crippen molar-refractivity contribution < 1.29 is 9.53 Å². The highest BCUT2D eigenvalue weighted by atomic mass is 35.5. The predicted molar refractivity (Wildman–Crippen MR) is 56.0 cm³/mol. The largest absolute Gasteiger partial charge is 0.459 e. The van der Waals surface area contributed by atoms with Gasteiger partial charge in [-0.15, -0.1) is 12.4 Å². The summed E-state index contributed by atoms with van der Waals surface area (Å²) in [6.45, 7) is 7.49. The van der Waals surface area contributed by atoms with Crippen LogP contribution in [0.25, 0.3) is 0 Å². The molecule has 2 N–H and O–H groups in total. The Morgan fingerprint density at radius 1 is 1.54 bits per heavy atom. The molecule has 3 nitrogen and oxygen atoms in total. The molecule has 0 bridgehead atoms. The molecule has 1 atom stereocenters. The monoisotopic (exact) mass is 209 g/mol. The minimum Gasteiger partial charge on any atom is -0.459 e. The standard InChI is InChI=1S/C9H19NO2.ClH/c1-5-6-9(3,4)12-8(11)7(2)10;/h7H,5-6,10H2,1-4H3;1H/t7-;/m0./s1. The Hall–Kier alpha value is -0.280. The lowest BCUT2D eigenvalue weighted by molar-refractivity contribution is -0.158. The van der Waals surface area contributed by atoms with Gasteiger partial charge in [0.25, 0.3) is 0 Å². The van der Waals surface area contributed by atoms with Crippen LogP contribution in [-0.4, -0.2) is 17.6 Å². The molecule has 4 heteroatoms. The highest BCUT2D eigenvalue weighted by Crippen LogP contribution is 2.16.